The number of hydrogen-bond donors (Lipinski definition) is 0. The number of likely N-dealkylation sites (tertiary alicyclic amines) is 1. The molecular formula is C30H30F2N4O3S. The van der Waals surface area contributed by atoms with Crippen LogP contribution in [-0.2, 0) is 11.3 Å². The summed E-state index contributed by atoms with van der Waals surface area (Å²) in [5.41, 5.74) is 1.50. The fourth-order valence-corrected chi connectivity index (χ4v) is 5.76. The molecule has 40 heavy (non-hydrogen) atoms. The molecule has 0 spiro atoms. The Bertz CT molecular complexity index is 1570. The van der Waals surface area contributed by atoms with Gasteiger partial charge in [-0.15, -0.1) is 11.3 Å². The minimum atomic E-state index is -0.710. The van der Waals surface area contributed by atoms with Crippen LogP contribution in [0.1, 0.15) is 50.0 Å². The standard InChI is InChI=1S/C30H30F2N4O3S/c1-30(2,3)39-29(38)35-11-9-20(10-12-35)26-17-33-28(40-26)21-6-4-5-19(13-21)18-36-27(37)8-7-25(34-36)22-14-23(31)16-24(32)15-22/h4-8,13-17,20H,9-12,18H2,1-3H3. The number of halogens is 2. The summed E-state index contributed by atoms with van der Waals surface area (Å²) in [6, 6.07) is 13.7. The monoisotopic (exact) mass is 564 g/mol. The van der Waals surface area contributed by atoms with Gasteiger partial charge in [-0.1, -0.05) is 18.2 Å². The minimum absolute atomic E-state index is 0.194. The minimum Gasteiger partial charge on any atom is -0.444 e. The summed E-state index contributed by atoms with van der Waals surface area (Å²) in [7, 11) is 0. The second kappa shape index (κ2) is 11.3. The highest BCUT2D eigenvalue weighted by Gasteiger charge is 2.28. The van der Waals surface area contributed by atoms with Gasteiger partial charge in [-0.05, 0) is 69.4 Å². The zero-order chi connectivity index (χ0) is 28.4. The highest BCUT2D eigenvalue weighted by Crippen LogP contribution is 2.35. The molecule has 0 N–H and O–H groups in total. The average molecular weight is 565 g/mol. The molecule has 1 fully saturated rings. The lowest BCUT2D eigenvalue weighted by molar-refractivity contribution is 0.0205. The summed E-state index contributed by atoms with van der Waals surface area (Å²) in [6.45, 7) is 7.09. The van der Waals surface area contributed by atoms with Gasteiger partial charge >= 0.3 is 6.09 Å². The first kappa shape index (κ1) is 27.6. The highest BCUT2D eigenvalue weighted by atomic mass is 32.1. The number of carbonyl (C=O) groups is 1. The van der Waals surface area contributed by atoms with E-state index in [1.807, 2.05) is 51.2 Å². The highest BCUT2D eigenvalue weighted by molar-refractivity contribution is 7.15. The smallest absolute Gasteiger partial charge is 0.410 e. The largest absolute Gasteiger partial charge is 0.444 e. The lowest BCUT2D eigenvalue weighted by Gasteiger charge is -2.33. The van der Waals surface area contributed by atoms with E-state index in [0.29, 0.717) is 24.7 Å². The molecule has 0 radical (unpaired) electrons. The molecule has 5 rings (SSSR count). The van der Waals surface area contributed by atoms with Crippen LogP contribution in [0.25, 0.3) is 21.8 Å². The van der Waals surface area contributed by atoms with Crippen molar-refractivity contribution in [3.8, 4) is 21.8 Å². The fraction of sp³-hybridized carbons (Fsp3) is 0.333. The molecule has 0 saturated carbocycles. The van der Waals surface area contributed by atoms with Gasteiger partial charge < -0.3 is 9.64 Å². The second-order valence-electron chi connectivity index (χ2n) is 10.9. The number of thiazole rings is 1. The third-order valence-corrected chi connectivity index (χ3v) is 7.81. The van der Waals surface area contributed by atoms with E-state index < -0.39 is 17.2 Å². The molecule has 0 atom stereocenters. The predicted molar refractivity (Wildman–Crippen MR) is 150 cm³/mol. The van der Waals surface area contributed by atoms with Gasteiger partial charge in [0.2, 0.25) is 0 Å². The molecule has 0 aliphatic carbocycles. The van der Waals surface area contributed by atoms with E-state index in [1.54, 1.807) is 16.2 Å². The van der Waals surface area contributed by atoms with Crippen LogP contribution in [0.3, 0.4) is 0 Å². The predicted octanol–water partition coefficient (Wildman–Crippen LogP) is 6.47. The molecule has 1 aliphatic rings. The van der Waals surface area contributed by atoms with Crippen LogP contribution < -0.4 is 5.56 Å². The Hall–Kier alpha value is -3.92. The molecule has 1 aliphatic heterocycles. The van der Waals surface area contributed by atoms with E-state index in [-0.39, 0.29) is 23.8 Å². The van der Waals surface area contributed by atoms with Crippen LogP contribution in [0.2, 0.25) is 0 Å². The number of piperidine rings is 1. The van der Waals surface area contributed by atoms with Crippen molar-refractivity contribution in [3.63, 3.8) is 0 Å². The Kier molecular flexibility index (Phi) is 7.80. The van der Waals surface area contributed by atoms with Crippen LogP contribution in [0.4, 0.5) is 13.6 Å². The first-order chi connectivity index (χ1) is 19.0. The Labute approximate surface area is 235 Å². The van der Waals surface area contributed by atoms with Crippen molar-refractivity contribution in [2.45, 2.75) is 51.7 Å². The summed E-state index contributed by atoms with van der Waals surface area (Å²) < 4.78 is 34.2. The average Bonchev–Trinajstić information content (AvgIpc) is 3.39. The number of hydrogen-bond acceptors (Lipinski definition) is 6. The number of benzene rings is 2. The topological polar surface area (TPSA) is 77.3 Å². The Morgan fingerprint density at radius 1 is 1.02 bits per heavy atom. The van der Waals surface area contributed by atoms with E-state index in [0.717, 1.165) is 35.0 Å². The van der Waals surface area contributed by atoms with E-state index >= 15 is 0 Å². The maximum absolute atomic E-state index is 13.7. The van der Waals surface area contributed by atoms with Crippen molar-refractivity contribution in [2.24, 2.45) is 0 Å². The third kappa shape index (κ3) is 6.62. The molecule has 10 heteroatoms. The molecule has 3 heterocycles. The number of carbonyl (C=O) groups excluding carboxylic acids is 1. The van der Waals surface area contributed by atoms with Crippen molar-refractivity contribution in [1.82, 2.24) is 19.7 Å². The molecule has 2 aromatic carbocycles. The van der Waals surface area contributed by atoms with Gasteiger partial charge in [-0.25, -0.2) is 23.2 Å². The third-order valence-electron chi connectivity index (χ3n) is 6.60. The first-order valence-electron chi connectivity index (χ1n) is 13.1. The molecule has 4 aromatic rings. The van der Waals surface area contributed by atoms with E-state index in [1.165, 1.54) is 33.8 Å². The fourth-order valence-electron chi connectivity index (χ4n) is 4.68. The van der Waals surface area contributed by atoms with Gasteiger partial charge in [0.15, 0.2) is 0 Å². The molecule has 1 saturated heterocycles. The van der Waals surface area contributed by atoms with Crippen LogP contribution in [0.5, 0.6) is 0 Å². The summed E-state index contributed by atoms with van der Waals surface area (Å²) in [5.74, 6) is -1.09. The zero-order valence-electron chi connectivity index (χ0n) is 22.6. The summed E-state index contributed by atoms with van der Waals surface area (Å²) in [6.07, 6.45) is 3.34. The van der Waals surface area contributed by atoms with Gasteiger partial charge in [-0.3, -0.25) is 4.79 Å². The molecule has 1 amide bonds. The molecule has 2 aromatic heterocycles. The van der Waals surface area contributed by atoms with Gasteiger partial charge in [0.05, 0.1) is 12.2 Å². The van der Waals surface area contributed by atoms with E-state index in [2.05, 4.69) is 10.1 Å². The molecule has 0 bridgehead atoms. The Morgan fingerprint density at radius 3 is 2.45 bits per heavy atom. The number of ether oxygens (including phenoxy) is 1. The van der Waals surface area contributed by atoms with Crippen LogP contribution in [0, 0.1) is 11.6 Å². The van der Waals surface area contributed by atoms with Gasteiger partial charge in [0.1, 0.15) is 22.2 Å². The number of aromatic nitrogens is 3. The molecule has 0 unspecified atom stereocenters. The zero-order valence-corrected chi connectivity index (χ0v) is 23.4. The first-order valence-corrected chi connectivity index (χ1v) is 13.9. The Morgan fingerprint density at radius 2 is 1.75 bits per heavy atom. The number of amides is 1. The van der Waals surface area contributed by atoms with Gasteiger partial charge in [0.25, 0.3) is 5.56 Å². The molecular weight excluding hydrogens is 534 g/mol. The van der Waals surface area contributed by atoms with E-state index in [9.17, 15) is 18.4 Å². The molecule has 7 nitrogen and oxygen atoms in total. The van der Waals surface area contributed by atoms with Gasteiger partial charge in [0, 0.05) is 47.4 Å². The lowest BCUT2D eigenvalue weighted by Crippen LogP contribution is -2.41. The maximum Gasteiger partial charge on any atom is 0.410 e. The van der Waals surface area contributed by atoms with Crippen molar-refractivity contribution in [2.75, 3.05) is 13.1 Å². The van der Waals surface area contributed by atoms with Crippen LogP contribution in [-0.4, -0.2) is 44.4 Å². The normalized spacial score (nSPS) is 14.4. The quantitative estimate of drug-likeness (QED) is 0.278. The lowest BCUT2D eigenvalue weighted by atomic mass is 9.96. The number of rotatable bonds is 5. The summed E-state index contributed by atoms with van der Waals surface area (Å²) in [4.78, 5) is 32.5. The van der Waals surface area contributed by atoms with Crippen LogP contribution >= 0.6 is 11.3 Å². The van der Waals surface area contributed by atoms with Crippen molar-refractivity contribution >= 4 is 17.4 Å². The van der Waals surface area contributed by atoms with Crippen molar-refractivity contribution in [3.05, 3.63) is 93.2 Å². The van der Waals surface area contributed by atoms with Crippen LogP contribution in [0.15, 0.2) is 65.6 Å². The SMILES string of the molecule is CC(C)(C)OC(=O)N1CCC(c2cnc(-c3cccc(Cn4nc(-c5cc(F)cc(F)c5)ccc4=O)c3)s2)CC1. The summed E-state index contributed by atoms with van der Waals surface area (Å²) in [5, 5.41) is 5.22. The van der Waals surface area contributed by atoms with Gasteiger partial charge in [-0.2, -0.15) is 5.10 Å². The van der Waals surface area contributed by atoms with Crippen molar-refractivity contribution < 1.29 is 18.3 Å². The summed E-state index contributed by atoms with van der Waals surface area (Å²) >= 11 is 1.63. The van der Waals surface area contributed by atoms with E-state index in [4.69, 9.17) is 4.74 Å². The number of nitrogens with zero attached hydrogens (tertiary/aromatic N) is 4. The Balaban J connectivity index is 1.28. The maximum atomic E-state index is 13.7. The second-order valence-corrected chi connectivity index (χ2v) is 11.9. The van der Waals surface area contributed by atoms with Crippen molar-refractivity contribution in [1.29, 1.82) is 0 Å². The molecule has 208 valence electrons.